The van der Waals surface area contributed by atoms with Crippen LogP contribution in [0.3, 0.4) is 0 Å². The normalized spacial score (nSPS) is 12.7. The Hall–Kier alpha value is -2.13. The third kappa shape index (κ3) is 2.13. The number of benzene rings is 1. The number of rotatable bonds is 3. The molecule has 3 nitrogen and oxygen atoms in total. The molecule has 0 aliphatic heterocycles. The van der Waals surface area contributed by atoms with Crippen LogP contribution in [-0.4, -0.2) is 16.1 Å². The molecule has 3 rings (SSSR count). The van der Waals surface area contributed by atoms with Gasteiger partial charge in [-0.15, -0.1) is 0 Å². The van der Waals surface area contributed by atoms with Gasteiger partial charge in [0.1, 0.15) is 0 Å². The van der Waals surface area contributed by atoms with E-state index in [0.29, 0.717) is 12.5 Å². The summed E-state index contributed by atoms with van der Waals surface area (Å²) in [6.45, 7) is 2.82. The van der Waals surface area contributed by atoms with E-state index in [1.54, 1.807) is 0 Å². The lowest BCUT2D eigenvalue weighted by atomic mass is 10.0. The smallest absolute Gasteiger partial charge is 0.0884 e. The monoisotopic (exact) mass is 251 g/mol. The average molecular weight is 251 g/mol. The molecule has 3 aromatic rings. The third-order valence-corrected chi connectivity index (χ3v) is 3.55. The van der Waals surface area contributed by atoms with Gasteiger partial charge in [-0.2, -0.15) is 0 Å². The van der Waals surface area contributed by atoms with Gasteiger partial charge in [0, 0.05) is 18.1 Å². The fraction of sp³-hybridized carbons (Fsp3) is 0.188. The summed E-state index contributed by atoms with van der Waals surface area (Å²) >= 11 is 0. The van der Waals surface area contributed by atoms with Gasteiger partial charge in [-0.05, 0) is 48.4 Å². The summed E-state index contributed by atoms with van der Waals surface area (Å²) in [6, 6.07) is 14.6. The molecular weight excluding hydrogens is 234 g/mol. The minimum Gasteiger partial charge on any atom is -0.330 e. The molecule has 0 saturated carbocycles. The van der Waals surface area contributed by atoms with E-state index in [0.717, 1.165) is 16.7 Å². The lowest BCUT2D eigenvalue weighted by Gasteiger charge is -2.10. The largest absolute Gasteiger partial charge is 0.330 e. The summed E-state index contributed by atoms with van der Waals surface area (Å²) in [4.78, 5) is 4.35. The first-order valence-electron chi connectivity index (χ1n) is 6.52. The van der Waals surface area contributed by atoms with Gasteiger partial charge >= 0.3 is 0 Å². The topological polar surface area (TPSA) is 43.8 Å². The van der Waals surface area contributed by atoms with Crippen molar-refractivity contribution < 1.29 is 0 Å². The van der Waals surface area contributed by atoms with Gasteiger partial charge in [0.2, 0.25) is 0 Å². The molecule has 0 saturated heterocycles. The molecule has 1 unspecified atom stereocenters. The Kier molecular flexibility index (Phi) is 3.05. The van der Waals surface area contributed by atoms with Crippen molar-refractivity contribution in [2.75, 3.05) is 6.54 Å². The predicted molar refractivity (Wildman–Crippen MR) is 78.5 cm³/mol. The van der Waals surface area contributed by atoms with Crippen molar-refractivity contribution >= 4 is 11.0 Å². The van der Waals surface area contributed by atoms with Crippen molar-refractivity contribution in [3.8, 4) is 5.69 Å². The molecular formula is C16H17N3. The molecule has 0 bridgehead atoms. The van der Waals surface area contributed by atoms with Crippen LogP contribution in [0.25, 0.3) is 16.7 Å². The molecule has 96 valence electrons. The van der Waals surface area contributed by atoms with Crippen LogP contribution in [-0.2, 0) is 0 Å². The molecule has 1 atom stereocenters. The Morgan fingerprint density at radius 3 is 2.68 bits per heavy atom. The first kappa shape index (κ1) is 11.9. The van der Waals surface area contributed by atoms with Crippen LogP contribution >= 0.6 is 0 Å². The van der Waals surface area contributed by atoms with Crippen LogP contribution in [0.1, 0.15) is 18.4 Å². The van der Waals surface area contributed by atoms with Crippen LogP contribution in [0.15, 0.2) is 54.9 Å². The van der Waals surface area contributed by atoms with Crippen LogP contribution in [0, 0.1) is 0 Å². The fourth-order valence-corrected chi connectivity index (χ4v) is 2.29. The summed E-state index contributed by atoms with van der Waals surface area (Å²) in [5, 5.41) is 0. The SMILES string of the molecule is CC(CN)c1ccc(-n2ccc3ncccc32)cc1. The Bertz CT molecular complexity index is 683. The molecule has 3 heteroatoms. The van der Waals surface area contributed by atoms with Crippen molar-refractivity contribution in [1.82, 2.24) is 9.55 Å². The zero-order valence-corrected chi connectivity index (χ0v) is 11.0. The quantitative estimate of drug-likeness (QED) is 0.777. The van der Waals surface area contributed by atoms with Crippen LogP contribution in [0.2, 0.25) is 0 Å². The molecule has 2 heterocycles. The van der Waals surface area contributed by atoms with Crippen molar-refractivity contribution in [3.05, 3.63) is 60.4 Å². The van der Waals surface area contributed by atoms with E-state index in [2.05, 4.69) is 53.0 Å². The highest BCUT2D eigenvalue weighted by molar-refractivity contribution is 5.77. The number of fused-ring (bicyclic) bond motifs is 1. The molecule has 0 spiro atoms. The molecule has 0 aliphatic carbocycles. The van der Waals surface area contributed by atoms with E-state index in [-0.39, 0.29) is 0 Å². The van der Waals surface area contributed by atoms with E-state index in [4.69, 9.17) is 5.73 Å². The lowest BCUT2D eigenvalue weighted by Crippen LogP contribution is -2.08. The second-order valence-electron chi connectivity index (χ2n) is 4.82. The summed E-state index contributed by atoms with van der Waals surface area (Å²) in [6.07, 6.45) is 3.87. The Balaban J connectivity index is 2.02. The van der Waals surface area contributed by atoms with Crippen LogP contribution in [0.5, 0.6) is 0 Å². The van der Waals surface area contributed by atoms with Gasteiger partial charge < -0.3 is 10.3 Å². The van der Waals surface area contributed by atoms with Gasteiger partial charge in [-0.1, -0.05) is 19.1 Å². The molecule has 0 amide bonds. The van der Waals surface area contributed by atoms with Crippen molar-refractivity contribution in [3.63, 3.8) is 0 Å². The lowest BCUT2D eigenvalue weighted by molar-refractivity contribution is 0.774. The number of nitrogens with zero attached hydrogens (tertiary/aromatic N) is 2. The molecule has 2 aromatic heterocycles. The second kappa shape index (κ2) is 4.86. The number of hydrogen-bond donors (Lipinski definition) is 1. The Morgan fingerprint density at radius 2 is 1.95 bits per heavy atom. The van der Waals surface area contributed by atoms with Crippen LogP contribution in [0.4, 0.5) is 0 Å². The van der Waals surface area contributed by atoms with Gasteiger partial charge in [0.15, 0.2) is 0 Å². The molecule has 0 fully saturated rings. The molecule has 0 radical (unpaired) electrons. The summed E-state index contributed by atoms with van der Waals surface area (Å²) < 4.78 is 2.15. The van der Waals surface area contributed by atoms with E-state index in [1.807, 2.05) is 18.3 Å². The number of nitrogens with two attached hydrogens (primary N) is 1. The number of hydrogen-bond acceptors (Lipinski definition) is 2. The minimum absolute atomic E-state index is 0.400. The van der Waals surface area contributed by atoms with Crippen molar-refractivity contribution in [2.45, 2.75) is 12.8 Å². The highest BCUT2D eigenvalue weighted by Crippen LogP contribution is 2.21. The maximum absolute atomic E-state index is 5.70. The maximum Gasteiger partial charge on any atom is 0.0884 e. The first-order chi connectivity index (χ1) is 9.29. The van der Waals surface area contributed by atoms with E-state index in [9.17, 15) is 0 Å². The standard InChI is InChI=1S/C16H17N3/c1-12(11-17)13-4-6-14(7-5-13)19-10-8-15-16(19)3-2-9-18-15/h2-10,12H,11,17H2,1H3. The van der Waals surface area contributed by atoms with E-state index < -0.39 is 0 Å². The molecule has 19 heavy (non-hydrogen) atoms. The highest BCUT2D eigenvalue weighted by Gasteiger charge is 2.05. The van der Waals surface area contributed by atoms with Gasteiger partial charge in [0.05, 0.1) is 11.0 Å². The zero-order chi connectivity index (χ0) is 13.2. The van der Waals surface area contributed by atoms with E-state index >= 15 is 0 Å². The van der Waals surface area contributed by atoms with Crippen LogP contribution < -0.4 is 5.73 Å². The zero-order valence-electron chi connectivity index (χ0n) is 11.0. The first-order valence-corrected chi connectivity index (χ1v) is 6.52. The number of pyridine rings is 1. The minimum atomic E-state index is 0.400. The van der Waals surface area contributed by atoms with Gasteiger partial charge in [0.25, 0.3) is 0 Å². The predicted octanol–water partition coefficient (Wildman–Crippen LogP) is 3.09. The summed E-state index contributed by atoms with van der Waals surface area (Å²) in [7, 11) is 0. The van der Waals surface area contributed by atoms with Gasteiger partial charge in [-0.25, -0.2) is 0 Å². The molecule has 2 N–H and O–H groups in total. The van der Waals surface area contributed by atoms with Gasteiger partial charge in [-0.3, -0.25) is 4.98 Å². The van der Waals surface area contributed by atoms with Crippen molar-refractivity contribution in [1.29, 1.82) is 0 Å². The molecule has 0 aliphatic rings. The highest BCUT2D eigenvalue weighted by atomic mass is 15.0. The third-order valence-electron chi connectivity index (χ3n) is 3.55. The maximum atomic E-state index is 5.70. The number of aromatic nitrogens is 2. The summed E-state index contributed by atoms with van der Waals surface area (Å²) in [5.41, 5.74) is 10.3. The molecule has 1 aromatic carbocycles. The second-order valence-corrected chi connectivity index (χ2v) is 4.82. The fourth-order valence-electron chi connectivity index (χ4n) is 2.29. The Labute approximate surface area is 112 Å². The van der Waals surface area contributed by atoms with Crippen molar-refractivity contribution in [2.24, 2.45) is 5.73 Å². The summed E-state index contributed by atoms with van der Waals surface area (Å²) in [5.74, 6) is 0.400. The Morgan fingerprint density at radius 1 is 1.16 bits per heavy atom. The average Bonchev–Trinajstić information content (AvgIpc) is 2.90. The van der Waals surface area contributed by atoms with E-state index in [1.165, 1.54) is 5.56 Å².